The molecule has 3 rings (SSSR count). The molecule has 5 nitrogen and oxygen atoms in total. The highest BCUT2D eigenvalue weighted by molar-refractivity contribution is 5.97. The lowest BCUT2D eigenvalue weighted by Gasteiger charge is -2.07. The van der Waals surface area contributed by atoms with Crippen LogP contribution in [0.1, 0.15) is 46.6 Å². The van der Waals surface area contributed by atoms with Gasteiger partial charge in [0, 0.05) is 36.0 Å². The average Bonchev–Trinajstić information content (AvgIpc) is 3.27. The predicted octanol–water partition coefficient (Wildman–Crippen LogP) is 3.85. The Kier molecular flexibility index (Phi) is 5.76. The summed E-state index contributed by atoms with van der Waals surface area (Å²) in [5.41, 5.74) is 3.99. The Bertz CT molecular complexity index is 803. The molecule has 0 atom stereocenters. The highest BCUT2D eigenvalue weighted by atomic mass is 16.5. The van der Waals surface area contributed by atoms with Crippen molar-refractivity contribution in [2.24, 2.45) is 12.0 Å². The molecule has 0 N–H and O–H groups in total. The number of carbonyl (C=O) groups excluding carboxylic acids is 1. The number of nitrogens with zero attached hydrogens (tertiary/aromatic N) is 2. The molecule has 0 amide bonds. The van der Waals surface area contributed by atoms with Crippen molar-refractivity contribution in [1.82, 2.24) is 4.57 Å². The van der Waals surface area contributed by atoms with E-state index in [4.69, 9.17) is 9.47 Å². The van der Waals surface area contributed by atoms with E-state index in [2.05, 4.69) is 9.56 Å². The molecule has 2 aromatic rings. The van der Waals surface area contributed by atoms with Crippen LogP contribution in [-0.4, -0.2) is 36.0 Å². The van der Waals surface area contributed by atoms with Gasteiger partial charge in [-0.3, -0.25) is 4.79 Å². The van der Waals surface area contributed by atoms with Crippen LogP contribution in [0, 0.1) is 13.8 Å². The van der Waals surface area contributed by atoms with Gasteiger partial charge in [0.05, 0.1) is 13.2 Å². The highest BCUT2D eigenvalue weighted by Crippen LogP contribution is 2.18. The molecule has 0 spiro atoms. The second-order valence-electron chi connectivity index (χ2n) is 6.63. The average molecular weight is 354 g/mol. The van der Waals surface area contributed by atoms with Crippen LogP contribution < -0.4 is 4.74 Å². The summed E-state index contributed by atoms with van der Waals surface area (Å²) >= 11 is 0. The number of Topliss-reactive ketones (excluding diaryl/α,β-unsaturated/α-hetero) is 1. The summed E-state index contributed by atoms with van der Waals surface area (Å²) in [7, 11) is 1.99. The zero-order valence-electron chi connectivity index (χ0n) is 15.7. The van der Waals surface area contributed by atoms with E-state index in [0.717, 1.165) is 47.7 Å². The molecule has 5 heteroatoms. The van der Waals surface area contributed by atoms with E-state index >= 15 is 0 Å². The van der Waals surface area contributed by atoms with Crippen molar-refractivity contribution in [3.63, 3.8) is 0 Å². The summed E-state index contributed by atoms with van der Waals surface area (Å²) < 4.78 is 13.3. The number of hydrogen-bond donors (Lipinski definition) is 0. The Morgan fingerprint density at radius 3 is 2.62 bits per heavy atom. The molecule has 0 bridgehead atoms. The van der Waals surface area contributed by atoms with Crippen molar-refractivity contribution in [1.29, 1.82) is 0 Å². The van der Waals surface area contributed by atoms with Crippen molar-refractivity contribution in [3.05, 3.63) is 52.8 Å². The first-order valence-corrected chi connectivity index (χ1v) is 9.13. The van der Waals surface area contributed by atoms with Crippen molar-refractivity contribution < 1.29 is 14.3 Å². The van der Waals surface area contributed by atoms with Gasteiger partial charge in [0.2, 0.25) is 5.90 Å². The Morgan fingerprint density at radius 1 is 1.23 bits per heavy atom. The van der Waals surface area contributed by atoms with Gasteiger partial charge in [-0.1, -0.05) is 0 Å². The van der Waals surface area contributed by atoms with Gasteiger partial charge in [-0.2, -0.15) is 0 Å². The standard InChI is InChI=1S/C21H26N2O3/c1-15-14-19(16(2)23(15)3)20(24)6-4-5-12-25-18-9-7-17(8-10-18)21-22-11-13-26-21/h7-10,14H,4-6,11-13H2,1-3H3. The van der Waals surface area contributed by atoms with Gasteiger partial charge >= 0.3 is 0 Å². The summed E-state index contributed by atoms with van der Waals surface area (Å²) in [5.74, 6) is 1.75. The molecule has 138 valence electrons. The van der Waals surface area contributed by atoms with Crippen molar-refractivity contribution in [2.75, 3.05) is 19.8 Å². The van der Waals surface area contributed by atoms with Gasteiger partial charge in [-0.15, -0.1) is 0 Å². The molecular formula is C21H26N2O3. The van der Waals surface area contributed by atoms with E-state index in [1.807, 2.05) is 51.2 Å². The number of ether oxygens (including phenoxy) is 2. The minimum Gasteiger partial charge on any atom is -0.494 e. The number of benzene rings is 1. The number of aliphatic imine (C=N–C) groups is 1. The Morgan fingerprint density at radius 2 is 2.00 bits per heavy atom. The predicted molar refractivity (Wildman–Crippen MR) is 102 cm³/mol. The third kappa shape index (κ3) is 4.15. The number of aryl methyl sites for hydroxylation is 1. The molecule has 1 aliphatic rings. The number of ketones is 1. The monoisotopic (exact) mass is 354 g/mol. The Labute approximate surface area is 154 Å². The molecule has 1 aromatic carbocycles. The van der Waals surface area contributed by atoms with Crippen LogP contribution >= 0.6 is 0 Å². The number of carbonyl (C=O) groups is 1. The molecule has 26 heavy (non-hydrogen) atoms. The van der Waals surface area contributed by atoms with E-state index in [9.17, 15) is 4.79 Å². The smallest absolute Gasteiger partial charge is 0.216 e. The molecule has 0 saturated heterocycles. The first-order chi connectivity index (χ1) is 12.6. The fourth-order valence-corrected chi connectivity index (χ4v) is 3.05. The molecule has 0 unspecified atom stereocenters. The maximum absolute atomic E-state index is 12.4. The fourth-order valence-electron chi connectivity index (χ4n) is 3.05. The zero-order valence-corrected chi connectivity index (χ0v) is 15.7. The van der Waals surface area contributed by atoms with Crippen LogP contribution in [0.25, 0.3) is 0 Å². The zero-order chi connectivity index (χ0) is 18.5. The van der Waals surface area contributed by atoms with Crippen molar-refractivity contribution in [2.45, 2.75) is 33.1 Å². The molecule has 1 aromatic heterocycles. The van der Waals surface area contributed by atoms with Crippen LogP contribution in [0.5, 0.6) is 5.75 Å². The number of rotatable bonds is 8. The number of aromatic nitrogens is 1. The summed E-state index contributed by atoms with van der Waals surface area (Å²) in [4.78, 5) is 16.6. The lowest BCUT2D eigenvalue weighted by Crippen LogP contribution is -2.04. The lowest BCUT2D eigenvalue weighted by molar-refractivity contribution is 0.0977. The van der Waals surface area contributed by atoms with E-state index in [-0.39, 0.29) is 5.78 Å². The van der Waals surface area contributed by atoms with Crippen molar-refractivity contribution in [3.8, 4) is 5.75 Å². The summed E-state index contributed by atoms with van der Waals surface area (Å²) in [5, 5.41) is 0. The topological polar surface area (TPSA) is 52.8 Å². The summed E-state index contributed by atoms with van der Waals surface area (Å²) in [6.45, 7) is 6.02. The van der Waals surface area contributed by atoms with Crippen LogP contribution in [0.3, 0.4) is 0 Å². The minimum atomic E-state index is 0.216. The van der Waals surface area contributed by atoms with E-state index in [1.165, 1.54) is 0 Å². The van der Waals surface area contributed by atoms with Crippen LogP contribution in [-0.2, 0) is 11.8 Å². The van der Waals surface area contributed by atoms with Gasteiger partial charge < -0.3 is 14.0 Å². The maximum Gasteiger partial charge on any atom is 0.216 e. The SMILES string of the molecule is Cc1cc(C(=O)CCCCOc2ccc(C3=NCCO3)cc2)c(C)n1C. The van der Waals surface area contributed by atoms with Gasteiger partial charge in [0.1, 0.15) is 12.4 Å². The van der Waals surface area contributed by atoms with E-state index in [1.54, 1.807) is 0 Å². The third-order valence-corrected chi connectivity index (χ3v) is 4.83. The molecular weight excluding hydrogens is 328 g/mol. The molecule has 1 aliphatic heterocycles. The molecule has 0 saturated carbocycles. The highest BCUT2D eigenvalue weighted by Gasteiger charge is 2.13. The molecule has 0 fully saturated rings. The summed E-state index contributed by atoms with van der Waals surface area (Å²) in [6.07, 6.45) is 2.24. The third-order valence-electron chi connectivity index (χ3n) is 4.83. The van der Waals surface area contributed by atoms with Gasteiger partial charge in [-0.05, 0) is 57.0 Å². The largest absolute Gasteiger partial charge is 0.494 e. The lowest BCUT2D eigenvalue weighted by atomic mass is 10.1. The minimum absolute atomic E-state index is 0.216. The van der Waals surface area contributed by atoms with Crippen LogP contribution in [0.15, 0.2) is 35.3 Å². The second kappa shape index (κ2) is 8.21. The Hall–Kier alpha value is -2.56. The molecule has 0 aliphatic carbocycles. The Balaban J connectivity index is 1.40. The van der Waals surface area contributed by atoms with Gasteiger partial charge in [-0.25, -0.2) is 4.99 Å². The normalized spacial score (nSPS) is 13.4. The van der Waals surface area contributed by atoms with E-state index < -0.39 is 0 Å². The van der Waals surface area contributed by atoms with Crippen LogP contribution in [0.4, 0.5) is 0 Å². The maximum atomic E-state index is 12.4. The molecule has 0 radical (unpaired) electrons. The van der Waals surface area contributed by atoms with Gasteiger partial charge in [0.15, 0.2) is 5.78 Å². The van der Waals surface area contributed by atoms with E-state index in [0.29, 0.717) is 25.5 Å². The molecule has 2 heterocycles. The van der Waals surface area contributed by atoms with Gasteiger partial charge in [0.25, 0.3) is 0 Å². The second-order valence-corrected chi connectivity index (χ2v) is 6.63. The van der Waals surface area contributed by atoms with Crippen molar-refractivity contribution >= 4 is 11.7 Å². The fraction of sp³-hybridized carbons (Fsp3) is 0.429. The van der Waals surface area contributed by atoms with Crippen LogP contribution in [0.2, 0.25) is 0 Å². The first-order valence-electron chi connectivity index (χ1n) is 9.13. The number of unbranched alkanes of at least 4 members (excludes halogenated alkanes) is 1. The summed E-state index contributed by atoms with van der Waals surface area (Å²) in [6, 6.07) is 9.77. The number of hydrogen-bond acceptors (Lipinski definition) is 4. The first kappa shape index (κ1) is 18.2. The quantitative estimate of drug-likeness (QED) is 0.534.